The fourth-order valence-electron chi connectivity index (χ4n) is 4.07. The summed E-state index contributed by atoms with van der Waals surface area (Å²) < 4.78 is 0. The molecule has 4 aromatic rings. The highest BCUT2D eigenvalue weighted by atomic mass is 15.5. The molecule has 1 aliphatic carbocycles. The highest BCUT2D eigenvalue weighted by Crippen LogP contribution is 2.35. The molecule has 1 heterocycles. The first kappa shape index (κ1) is 16.8. The Balaban J connectivity index is 1.47. The van der Waals surface area contributed by atoms with Crippen molar-refractivity contribution in [2.75, 3.05) is 0 Å². The molecule has 2 N–H and O–H groups in total. The molecule has 3 aromatic carbocycles. The lowest BCUT2D eigenvalue weighted by Crippen LogP contribution is -2.26. The second-order valence-electron chi connectivity index (χ2n) is 7.16. The van der Waals surface area contributed by atoms with E-state index in [4.69, 9.17) is 0 Å². The van der Waals surface area contributed by atoms with Gasteiger partial charge < -0.3 is 0 Å². The van der Waals surface area contributed by atoms with Crippen molar-refractivity contribution in [3.05, 3.63) is 101 Å². The van der Waals surface area contributed by atoms with Crippen LogP contribution in [-0.4, -0.2) is 20.6 Å². The van der Waals surface area contributed by atoms with Gasteiger partial charge in [-0.25, -0.2) is 0 Å². The standard InChI is InChI=1S/C23H21N5/c1-2-7-17(8-3-1)22(24-21-15-14-16-6-4-5-9-20(16)21)18-10-12-19(13-11-18)23-25-27-28-26-23/h1-13,21-22,24H,14-15H2,(H,25,26,27,28)/t21-,22?/m1/s1. The average molecular weight is 367 g/mol. The van der Waals surface area contributed by atoms with E-state index in [1.54, 1.807) is 0 Å². The lowest BCUT2D eigenvalue weighted by atomic mass is 9.96. The predicted molar refractivity (Wildman–Crippen MR) is 109 cm³/mol. The van der Waals surface area contributed by atoms with Gasteiger partial charge in [-0.1, -0.05) is 78.9 Å². The van der Waals surface area contributed by atoms with Crippen molar-refractivity contribution >= 4 is 0 Å². The summed E-state index contributed by atoms with van der Waals surface area (Å²) in [6, 6.07) is 28.3. The Morgan fingerprint density at radius 1 is 0.857 bits per heavy atom. The van der Waals surface area contributed by atoms with E-state index < -0.39 is 0 Å². The SMILES string of the molecule is c1ccc(C(N[C@@H]2CCc3ccccc32)c2ccc(-c3nn[nH]n3)cc2)cc1. The maximum atomic E-state index is 4.06. The third-order valence-electron chi connectivity index (χ3n) is 5.48. The van der Waals surface area contributed by atoms with Crippen LogP contribution in [0.3, 0.4) is 0 Å². The van der Waals surface area contributed by atoms with Gasteiger partial charge in [-0.3, -0.25) is 5.32 Å². The smallest absolute Gasteiger partial charge is 0.204 e. The van der Waals surface area contributed by atoms with Gasteiger partial charge in [0.05, 0.1) is 6.04 Å². The summed E-state index contributed by atoms with van der Waals surface area (Å²) in [5.74, 6) is 0.612. The van der Waals surface area contributed by atoms with Gasteiger partial charge in [-0.05, 0) is 40.3 Å². The van der Waals surface area contributed by atoms with E-state index in [9.17, 15) is 0 Å². The van der Waals surface area contributed by atoms with E-state index in [0.29, 0.717) is 11.9 Å². The van der Waals surface area contributed by atoms with Crippen LogP contribution in [0.15, 0.2) is 78.9 Å². The van der Waals surface area contributed by atoms with Crippen LogP contribution in [0.1, 0.15) is 40.8 Å². The van der Waals surface area contributed by atoms with Gasteiger partial charge in [-0.2, -0.15) is 5.21 Å². The Kier molecular flexibility index (Phi) is 4.43. The molecule has 0 fully saturated rings. The molecule has 5 heteroatoms. The number of aromatic amines is 1. The van der Waals surface area contributed by atoms with Gasteiger partial charge in [0.1, 0.15) is 0 Å². The summed E-state index contributed by atoms with van der Waals surface area (Å²) in [6.45, 7) is 0. The van der Waals surface area contributed by atoms with Crippen LogP contribution in [0.25, 0.3) is 11.4 Å². The van der Waals surface area contributed by atoms with Crippen molar-refractivity contribution in [1.29, 1.82) is 0 Å². The minimum Gasteiger partial charge on any atom is -0.299 e. The van der Waals surface area contributed by atoms with Crippen LogP contribution in [0.2, 0.25) is 0 Å². The number of aryl methyl sites for hydroxylation is 1. The predicted octanol–water partition coefficient (Wildman–Crippen LogP) is 4.23. The van der Waals surface area contributed by atoms with E-state index in [1.807, 2.05) is 0 Å². The molecule has 5 rings (SSSR count). The van der Waals surface area contributed by atoms with Crippen LogP contribution in [0.4, 0.5) is 0 Å². The Morgan fingerprint density at radius 2 is 1.61 bits per heavy atom. The third-order valence-corrected chi connectivity index (χ3v) is 5.48. The first-order valence-electron chi connectivity index (χ1n) is 9.61. The van der Waals surface area contributed by atoms with Gasteiger partial charge in [-0.15, -0.1) is 10.2 Å². The fraction of sp³-hybridized carbons (Fsp3) is 0.174. The van der Waals surface area contributed by atoms with Gasteiger partial charge in [0.2, 0.25) is 5.82 Å². The van der Waals surface area contributed by atoms with E-state index in [-0.39, 0.29) is 6.04 Å². The molecule has 1 unspecified atom stereocenters. The number of benzene rings is 3. The van der Waals surface area contributed by atoms with Crippen LogP contribution in [0, 0.1) is 0 Å². The lowest BCUT2D eigenvalue weighted by molar-refractivity contribution is 0.483. The molecule has 1 aromatic heterocycles. The molecule has 28 heavy (non-hydrogen) atoms. The van der Waals surface area contributed by atoms with E-state index >= 15 is 0 Å². The van der Waals surface area contributed by atoms with Gasteiger partial charge >= 0.3 is 0 Å². The number of nitrogens with zero attached hydrogens (tertiary/aromatic N) is 3. The number of rotatable bonds is 5. The van der Waals surface area contributed by atoms with E-state index in [0.717, 1.165) is 18.4 Å². The molecule has 1 aliphatic rings. The van der Waals surface area contributed by atoms with E-state index in [1.165, 1.54) is 22.3 Å². The molecular formula is C23H21N5. The van der Waals surface area contributed by atoms with Crippen molar-refractivity contribution in [3.8, 4) is 11.4 Å². The molecule has 0 radical (unpaired) electrons. The number of hydrogen-bond donors (Lipinski definition) is 2. The zero-order valence-corrected chi connectivity index (χ0v) is 15.4. The number of hydrogen-bond acceptors (Lipinski definition) is 4. The van der Waals surface area contributed by atoms with Crippen molar-refractivity contribution < 1.29 is 0 Å². The fourth-order valence-corrected chi connectivity index (χ4v) is 4.07. The third kappa shape index (κ3) is 3.21. The molecule has 0 aliphatic heterocycles. The minimum absolute atomic E-state index is 0.122. The monoisotopic (exact) mass is 367 g/mol. The lowest BCUT2D eigenvalue weighted by Gasteiger charge is -2.25. The number of tetrazole rings is 1. The summed E-state index contributed by atoms with van der Waals surface area (Å²) in [4.78, 5) is 0. The van der Waals surface area contributed by atoms with Crippen LogP contribution in [0.5, 0.6) is 0 Å². The van der Waals surface area contributed by atoms with Crippen LogP contribution in [-0.2, 0) is 6.42 Å². The summed E-state index contributed by atoms with van der Waals surface area (Å²) in [7, 11) is 0. The van der Waals surface area contributed by atoms with E-state index in [2.05, 4.69) is 105 Å². The van der Waals surface area contributed by atoms with Crippen molar-refractivity contribution in [1.82, 2.24) is 25.9 Å². The van der Waals surface area contributed by atoms with Gasteiger partial charge in [0.25, 0.3) is 0 Å². The average Bonchev–Trinajstić information content (AvgIpc) is 3.43. The number of nitrogens with one attached hydrogen (secondary N) is 2. The minimum atomic E-state index is 0.122. The molecule has 2 atom stereocenters. The maximum absolute atomic E-state index is 4.06. The largest absolute Gasteiger partial charge is 0.299 e. The zero-order chi connectivity index (χ0) is 18.8. The summed E-state index contributed by atoms with van der Waals surface area (Å²) in [6.07, 6.45) is 2.26. The highest BCUT2D eigenvalue weighted by Gasteiger charge is 2.25. The molecule has 0 saturated heterocycles. The summed E-state index contributed by atoms with van der Waals surface area (Å²) >= 11 is 0. The molecular weight excluding hydrogens is 346 g/mol. The first-order chi connectivity index (χ1) is 13.9. The summed E-state index contributed by atoms with van der Waals surface area (Å²) in [5.41, 5.74) is 6.32. The van der Waals surface area contributed by atoms with Crippen LogP contribution >= 0.6 is 0 Å². The Hall–Kier alpha value is -3.31. The maximum Gasteiger partial charge on any atom is 0.204 e. The first-order valence-corrected chi connectivity index (χ1v) is 9.61. The number of fused-ring (bicyclic) bond motifs is 1. The Bertz CT molecular complexity index is 1040. The normalized spacial score (nSPS) is 16.6. The molecule has 138 valence electrons. The summed E-state index contributed by atoms with van der Waals surface area (Å²) in [5, 5.41) is 18.2. The zero-order valence-electron chi connectivity index (χ0n) is 15.4. The van der Waals surface area contributed by atoms with Gasteiger partial charge in [0.15, 0.2) is 0 Å². The second kappa shape index (κ2) is 7.37. The number of aromatic nitrogens is 4. The molecule has 0 saturated carbocycles. The second-order valence-corrected chi connectivity index (χ2v) is 7.16. The van der Waals surface area contributed by atoms with Crippen LogP contribution < -0.4 is 5.32 Å². The number of H-pyrrole nitrogens is 1. The van der Waals surface area contributed by atoms with Crippen molar-refractivity contribution in [2.24, 2.45) is 0 Å². The van der Waals surface area contributed by atoms with Crippen molar-refractivity contribution in [2.45, 2.75) is 24.9 Å². The van der Waals surface area contributed by atoms with Crippen molar-refractivity contribution in [3.63, 3.8) is 0 Å². The molecule has 5 nitrogen and oxygen atoms in total. The quantitative estimate of drug-likeness (QED) is 0.554. The molecule has 0 spiro atoms. The Labute approximate surface area is 163 Å². The molecule has 0 bridgehead atoms. The Morgan fingerprint density at radius 3 is 2.39 bits per heavy atom. The van der Waals surface area contributed by atoms with Gasteiger partial charge in [0, 0.05) is 11.6 Å². The topological polar surface area (TPSA) is 66.5 Å². The highest BCUT2D eigenvalue weighted by molar-refractivity contribution is 5.55. The molecule has 0 amide bonds.